The first-order valence-corrected chi connectivity index (χ1v) is 11.1. The summed E-state index contributed by atoms with van der Waals surface area (Å²) in [5, 5.41) is 9.65. The van der Waals surface area contributed by atoms with Crippen LogP contribution in [0.3, 0.4) is 0 Å². The Morgan fingerprint density at radius 3 is 2.70 bits per heavy atom. The van der Waals surface area contributed by atoms with Gasteiger partial charge in [-0.05, 0) is 68.2 Å². The van der Waals surface area contributed by atoms with E-state index in [0.717, 1.165) is 35.2 Å². The summed E-state index contributed by atoms with van der Waals surface area (Å²) in [5.74, 6) is 2.71. The van der Waals surface area contributed by atoms with Crippen molar-refractivity contribution in [2.45, 2.75) is 31.8 Å². The van der Waals surface area contributed by atoms with E-state index in [2.05, 4.69) is 11.1 Å². The Morgan fingerprint density at radius 1 is 1.03 bits per heavy atom. The van der Waals surface area contributed by atoms with Crippen LogP contribution in [0.15, 0.2) is 60.8 Å². The molecule has 0 aliphatic heterocycles. The van der Waals surface area contributed by atoms with Crippen molar-refractivity contribution in [3.05, 3.63) is 77.7 Å². The predicted molar refractivity (Wildman–Crippen MR) is 128 cm³/mol. The lowest BCUT2D eigenvalue weighted by molar-refractivity contribution is 0.200. The van der Waals surface area contributed by atoms with E-state index in [1.807, 2.05) is 59.2 Å². The van der Waals surface area contributed by atoms with E-state index in [-0.39, 0.29) is 6.10 Å². The summed E-state index contributed by atoms with van der Waals surface area (Å²) in [7, 11) is 1.66. The second-order valence-corrected chi connectivity index (χ2v) is 8.02. The van der Waals surface area contributed by atoms with Crippen LogP contribution in [0.25, 0.3) is 29.0 Å². The number of fused-ring (bicyclic) bond motifs is 1. The SMILES string of the molecule is COc1cccc(/C=C/c2nc3ccccc3n2-c2ncccc2C#N)c1OC1CCCC1. The molecule has 1 fully saturated rings. The highest BCUT2D eigenvalue weighted by atomic mass is 16.5. The van der Waals surface area contributed by atoms with Gasteiger partial charge >= 0.3 is 0 Å². The van der Waals surface area contributed by atoms with E-state index >= 15 is 0 Å². The lowest BCUT2D eigenvalue weighted by atomic mass is 10.1. The second-order valence-electron chi connectivity index (χ2n) is 8.02. The summed E-state index contributed by atoms with van der Waals surface area (Å²) in [6.45, 7) is 0. The lowest BCUT2D eigenvalue weighted by Crippen LogP contribution is -2.12. The standard InChI is InChI=1S/C27H24N4O2/c1-32-24-14-6-8-19(26(24)33-21-10-2-3-11-21)15-16-25-30-22-12-4-5-13-23(22)31(25)27-20(18-28)9-7-17-29-27/h4-9,12-17,21H,2-3,10-11H2,1H3/b16-15+. The number of nitrogens with zero attached hydrogens (tertiary/aromatic N) is 4. The molecule has 0 saturated heterocycles. The molecule has 4 aromatic rings. The number of para-hydroxylation sites is 3. The number of nitriles is 1. The third-order valence-corrected chi connectivity index (χ3v) is 5.93. The second kappa shape index (κ2) is 9.17. The van der Waals surface area contributed by atoms with Crippen LogP contribution >= 0.6 is 0 Å². The molecule has 1 aliphatic carbocycles. The van der Waals surface area contributed by atoms with Gasteiger partial charge in [0.05, 0.1) is 29.8 Å². The van der Waals surface area contributed by atoms with Gasteiger partial charge in [-0.2, -0.15) is 5.26 Å². The molecule has 164 valence electrons. The monoisotopic (exact) mass is 436 g/mol. The Bertz CT molecular complexity index is 1360. The molecule has 2 aromatic heterocycles. The molecule has 0 unspecified atom stereocenters. The fraction of sp³-hybridized carbons (Fsp3) is 0.222. The maximum Gasteiger partial charge on any atom is 0.168 e. The molecule has 2 aromatic carbocycles. The molecule has 0 bridgehead atoms. The van der Waals surface area contributed by atoms with Gasteiger partial charge in [0.15, 0.2) is 17.3 Å². The zero-order valence-corrected chi connectivity index (χ0v) is 18.4. The minimum Gasteiger partial charge on any atom is -0.493 e. The van der Waals surface area contributed by atoms with Gasteiger partial charge in [0.1, 0.15) is 11.9 Å². The van der Waals surface area contributed by atoms with Crippen molar-refractivity contribution < 1.29 is 9.47 Å². The van der Waals surface area contributed by atoms with E-state index in [9.17, 15) is 5.26 Å². The van der Waals surface area contributed by atoms with Gasteiger partial charge in [-0.3, -0.25) is 4.57 Å². The minimum atomic E-state index is 0.213. The van der Waals surface area contributed by atoms with Gasteiger partial charge in [-0.1, -0.05) is 24.3 Å². The van der Waals surface area contributed by atoms with Crippen molar-refractivity contribution in [1.82, 2.24) is 14.5 Å². The summed E-state index contributed by atoms with van der Waals surface area (Å²) in [6, 6.07) is 19.5. The number of pyridine rings is 1. The third kappa shape index (κ3) is 4.06. The third-order valence-electron chi connectivity index (χ3n) is 5.93. The van der Waals surface area contributed by atoms with Crippen LogP contribution in [0.4, 0.5) is 0 Å². The fourth-order valence-corrected chi connectivity index (χ4v) is 4.33. The van der Waals surface area contributed by atoms with Crippen molar-refractivity contribution in [3.63, 3.8) is 0 Å². The molecule has 0 atom stereocenters. The smallest absolute Gasteiger partial charge is 0.168 e. The summed E-state index contributed by atoms with van der Waals surface area (Å²) < 4.78 is 13.9. The average molecular weight is 437 g/mol. The highest BCUT2D eigenvalue weighted by Crippen LogP contribution is 2.36. The summed E-state index contributed by atoms with van der Waals surface area (Å²) >= 11 is 0. The van der Waals surface area contributed by atoms with Gasteiger partial charge in [-0.25, -0.2) is 9.97 Å². The molecule has 6 heteroatoms. The Labute approximate surface area is 192 Å². The molecule has 0 amide bonds. The molecule has 1 saturated carbocycles. The Balaban J connectivity index is 1.61. The van der Waals surface area contributed by atoms with Crippen LogP contribution in [-0.4, -0.2) is 27.7 Å². The van der Waals surface area contributed by atoms with Crippen LogP contribution in [-0.2, 0) is 0 Å². The maximum absolute atomic E-state index is 9.65. The van der Waals surface area contributed by atoms with E-state index in [0.29, 0.717) is 23.0 Å². The van der Waals surface area contributed by atoms with Crippen LogP contribution in [0.5, 0.6) is 11.5 Å². The topological polar surface area (TPSA) is 73.0 Å². The van der Waals surface area contributed by atoms with Gasteiger partial charge < -0.3 is 9.47 Å². The van der Waals surface area contributed by atoms with Gasteiger partial charge in [0, 0.05) is 11.8 Å². The molecule has 0 spiro atoms. The first-order valence-electron chi connectivity index (χ1n) is 11.1. The molecule has 5 rings (SSSR count). The van der Waals surface area contributed by atoms with Crippen LogP contribution in [0.1, 0.15) is 42.6 Å². The molecule has 33 heavy (non-hydrogen) atoms. The van der Waals surface area contributed by atoms with Crippen molar-refractivity contribution >= 4 is 23.2 Å². The van der Waals surface area contributed by atoms with Crippen molar-refractivity contribution in [2.24, 2.45) is 0 Å². The van der Waals surface area contributed by atoms with Crippen molar-refractivity contribution in [3.8, 4) is 23.4 Å². The highest BCUT2D eigenvalue weighted by molar-refractivity contribution is 5.83. The molecule has 1 aliphatic rings. The number of aromatic nitrogens is 3. The Morgan fingerprint density at radius 2 is 1.88 bits per heavy atom. The maximum atomic E-state index is 9.65. The quantitative estimate of drug-likeness (QED) is 0.382. The summed E-state index contributed by atoms with van der Waals surface area (Å²) in [5.41, 5.74) is 3.13. The number of ether oxygens (including phenoxy) is 2. The fourth-order valence-electron chi connectivity index (χ4n) is 4.33. The first-order chi connectivity index (χ1) is 16.3. The average Bonchev–Trinajstić information content (AvgIpc) is 3.50. The largest absolute Gasteiger partial charge is 0.493 e. The molecule has 6 nitrogen and oxygen atoms in total. The van der Waals surface area contributed by atoms with E-state index < -0.39 is 0 Å². The summed E-state index contributed by atoms with van der Waals surface area (Å²) in [4.78, 5) is 9.30. The number of methoxy groups -OCH3 is 1. The number of hydrogen-bond acceptors (Lipinski definition) is 5. The summed E-state index contributed by atoms with van der Waals surface area (Å²) in [6.07, 6.45) is 10.3. The van der Waals surface area contributed by atoms with Gasteiger partial charge in [0.2, 0.25) is 0 Å². The Kier molecular flexibility index (Phi) is 5.77. The van der Waals surface area contributed by atoms with E-state index in [1.165, 1.54) is 12.8 Å². The molecule has 0 N–H and O–H groups in total. The number of imidazole rings is 1. The minimum absolute atomic E-state index is 0.213. The van der Waals surface area contributed by atoms with Gasteiger partial charge in [-0.15, -0.1) is 0 Å². The van der Waals surface area contributed by atoms with Crippen molar-refractivity contribution in [2.75, 3.05) is 7.11 Å². The molecule has 2 heterocycles. The highest BCUT2D eigenvalue weighted by Gasteiger charge is 2.20. The van der Waals surface area contributed by atoms with E-state index in [4.69, 9.17) is 14.5 Å². The van der Waals surface area contributed by atoms with Gasteiger partial charge in [0.25, 0.3) is 0 Å². The normalized spacial score (nSPS) is 14.1. The van der Waals surface area contributed by atoms with Crippen molar-refractivity contribution in [1.29, 1.82) is 5.26 Å². The van der Waals surface area contributed by atoms with Crippen LogP contribution in [0, 0.1) is 11.3 Å². The first kappa shape index (κ1) is 20.8. The van der Waals surface area contributed by atoms with E-state index in [1.54, 1.807) is 25.4 Å². The zero-order valence-electron chi connectivity index (χ0n) is 18.4. The molecular weight excluding hydrogens is 412 g/mol. The van der Waals surface area contributed by atoms with Crippen LogP contribution < -0.4 is 9.47 Å². The lowest BCUT2D eigenvalue weighted by Gasteiger charge is -2.18. The number of rotatable bonds is 6. The Hall–Kier alpha value is -4.11. The predicted octanol–water partition coefficient (Wildman–Crippen LogP) is 5.79. The number of hydrogen-bond donors (Lipinski definition) is 0. The van der Waals surface area contributed by atoms with Crippen LogP contribution in [0.2, 0.25) is 0 Å². The molecule has 0 radical (unpaired) electrons. The zero-order chi connectivity index (χ0) is 22.6. The molecular formula is C27H24N4O2. The number of benzene rings is 2.